The van der Waals surface area contributed by atoms with Crippen molar-refractivity contribution in [3.63, 3.8) is 0 Å². The number of phenolic OH excluding ortho intramolecular Hbond substituents is 1. The summed E-state index contributed by atoms with van der Waals surface area (Å²) < 4.78 is 10.7. The Morgan fingerprint density at radius 2 is 1.54 bits per heavy atom. The van der Waals surface area contributed by atoms with Crippen LogP contribution in [0.5, 0.6) is 17.2 Å². The Morgan fingerprint density at radius 1 is 0.885 bits per heavy atom. The molecule has 5 heteroatoms. The monoisotopic (exact) mass is 348 g/mol. The van der Waals surface area contributed by atoms with Crippen molar-refractivity contribution in [1.29, 1.82) is 0 Å². The molecule has 0 fully saturated rings. The lowest BCUT2D eigenvalue weighted by atomic mass is 10.00. The van der Waals surface area contributed by atoms with Crippen LogP contribution >= 0.6 is 0 Å². The van der Waals surface area contributed by atoms with Gasteiger partial charge in [-0.1, -0.05) is 48.5 Å². The van der Waals surface area contributed by atoms with E-state index in [2.05, 4.69) is 10.5 Å². The molecule has 3 rings (SSSR count). The summed E-state index contributed by atoms with van der Waals surface area (Å²) in [6.07, 6.45) is 0. The van der Waals surface area contributed by atoms with Crippen molar-refractivity contribution >= 4 is 11.4 Å². The van der Waals surface area contributed by atoms with Crippen molar-refractivity contribution in [2.75, 3.05) is 19.6 Å². The van der Waals surface area contributed by atoms with E-state index in [9.17, 15) is 5.11 Å². The van der Waals surface area contributed by atoms with Gasteiger partial charge in [0.1, 0.15) is 23.0 Å². The van der Waals surface area contributed by atoms with Crippen LogP contribution in [0.15, 0.2) is 77.9 Å². The number of phenols is 1. The Bertz CT molecular complexity index is 894. The van der Waals surface area contributed by atoms with Crippen molar-refractivity contribution in [3.8, 4) is 17.2 Å². The first-order valence-electron chi connectivity index (χ1n) is 8.12. The fourth-order valence-corrected chi connectivity index (χ4v) is 2.59. The van der Waals surface area contributed by atoms with Crippen LogP contribution in [0.2, 0.25) is 0 Å². The molecule has 0 atom stereocenters. The van der Waals surface area contributed by atoms with Gasteiger partial charge in [0.25, 0.3) is 0 Å². The summed E-state index contributed by atoms with van der Waals surface area (Å²) in [5, 5.41) is 15.1. The van der Waals surface area contributed by atoms with Gasteiger partial charge in [-0.3, -0.25) is 5.43 Å². The fraction of sp³-hybridized carbons (Fsp3) is 0.0952. The van der Waals surface area contributed by atoms with Crippen LogP contribution in [0.4, 0.5) is 5.69 Å². The lowest BCUT2D eigenvalue weighted by Crippen LogP contribution is -2.09. The van der Waals surface area contributed by atoms with E-state index >= 15 is 0 Å². The Morgan fingerprint density at radius 3 is 2.15 bits per heavy atom. The summed E-state index contributed by atoms with van der Waals surface area (Å²) in [6.45, 7) is 0. The number of ether oxygens (including phenoxy) is 2. The van der Waals surface area contributed by atoms with Crippen molar-refractivity contribution in [2.45, 2.75) is 0 Å². The third-order valence-electron chi connectivity index (χ3n) is 3.87. The number of nitrogens with zero attached hydrogens (tertiary/aromatic N) is 1. The van der Waals surface area contributed by atoms with Crippen molar-refractivity contribution < 1.29 is 14.6 Å². The Labute approximate surface area is 152 Å². The van der Waals surface area contributed by atoms with Gasteiger partial charge in [0.2, 0.25) is 0 Å². The summed E-state index contributed by atoms with van der Waals surface area (Å²) in [5.74, 6) is 1.00. The molecule has 3 aromatic rings. The predicted octanol–water partition coefficient (Wildman–Crippen LogP) is 4.27. The van der Waals surface area contributed by atoms with Gasteiger partial charge in [-0.25, -0.2) is 0 Å². The number of benzene rings is 3. The molecule has 0 saturated carbocycles. The van der Waals surface area contributed by atoms with E-state index in [4.69, 9.17) is 9.47 Å². The SMILES string of the molecule is COc1cc(O)c(/C(=N/Nc2ccccc2)c2ccccc2)c(OC)c1. The molecule has 0 aliphatic heterocycles. The third-order valence-corrected chi connectivity index (χ3v) is 3.87. The molecule has 0 heterocycles. The minimum Gasteiger partial charge on any atom is -0.507 e. The van der Waals surface area contributed by atoms with E-state index < -0.39 is 0 Å². The van der Waals surface area contributed by atoms with Crippen molar-refractivity contribution in [3.05, 3.63) is 83.9 Å². The average molecular weight is 348 g/mol. The number of rotatable bonds is 6. The highest BCUT2D eigenvalue weighted by molar-refractivity contribution is 6.16. The predicted molar refractivity (Wildman–Crippen MR) is 103 cm³/mol. The van der Waals surface area contributed by atoms with Gasteiger partial charge < -0.3 is 14.6 Å². The molecule has 2 N–H and O–H groups in total. The number of hydrazone groups is 1. The van der Waals surface area contributed by atoms with Gasteiger partial charge in [0, 0.05) is 17.7 Å². The maximum absolute atomic E-state index is 10.6. The first-order chi connectivity index (χ1) is 12.7. The molecule has 3 aromatic carbocycles. The smallest absolute Gasteiger partial charge is 0.135 e. The second-order valence-corrected chi connectivity index (χ2v) is 5.53. The second kappa shape index (κ2) is 8.07. The topological polar surface area (TPSA) is 63.1 Å². The highest BCUT2D eigenvalue weighted by atomic mass is 16.5. The number of hydrogen-bond donors (Lipinski definition) is 2. The Kier molecular flexibility index (Phi) is 5.39. The zero-order valence-corrected chi connectivity index (χ0v) is 14.6. The van der Waals surface area contributed by atoms with Gasteiger partial charge in [0.15, 0.2) is 0 Å². The molecule has 0 aromatic heterocycles. The number of aromatic hydroxyl groups is 1. The number of methoxy groups -OCH3 is 2. The number of para-hydroxylation sites is 1. The van der Waals surface area contributed by atoms with Crippen LogP contribution in [0.25, 0.3) is 0 Å². The van der Waals surface area contributed by atoms with Gasteiger partial charge in [-0.05, 0) is 12.1 Å². The van der Waals surface area contributed by atoms with E-state index in [1.54, 1.807) is 19.2 Å². The normalized spacial score (nSPS) is 11.1. The first-order valence-corrected chi connectivity index (χ1v) is 8.12. The zero-order valence-electron chi connectivity index (χ0n) is 14.6. The molecular weight excluding hydrogens is 328 g/mol. The highest BCUT2D eigenvalue weighted by Gasteiger charge is 2.19. The maximum Gasteiger partial charge on any atom is 0.135 e. The highest BCUT2D eigenvalue weighted by Crippen LogP contribution is 2.35. The van der Waals surface area contributed by atoms with Crippen molar-refractivity contribution in [1.82, 2.24) is 0 Å². The van der Waals surface area contributed by atoms with Gasteiger partial charge in [0.05, 0.1) is 25.5 Å². The minimum atomic E-state index is 0.0265. The van der Waals surface area contributed by atoms with Gasteiger partial charge in [-0.2, -0.15) is 5.10 Å². The summed E-state index contributed by atoms with van der Waals surface area (Å²) >= 11 is 0. The Hall–Kier alpha value is -3.47. The number of anilines is 1. The van der Waals surface area contributed by atoms with Gasteiger partial charge in [-0.15, -0.1) is 0 Å². The van der Waals surface area contributed by atoms with Crippen LogP contribution in [0, 0.1) is 0 Å². The average Bonchev–Trinajstić information content (AvgIpc) is 2.70. The van der Waals surface area contributed by atoms with Crippen LogP contribution in [0.3, 0.4) is 0 Å². The van der Waals surface area contributed by atoms with E-state index in [0.29, 0.717) is 22.8 Å². The quantitative estimate of drug-likeness (QED) is 0.516. The fourth-order valence-electron chi connectivity index (χ4n) is 2.59. The number of hydrogen-bond acceptors (Lipinski definition) is 5. The van der Waals surface area contributed by atoms with Crippen LogP contribution < -0.4 is 14.9 Å². The first kappa shape index (κ1) is 17.4. The van der Waals surface area contributed by atoms with E-state index in [1.807, 2.05) is 60.7 Å². The zero-order chi connectivity index (χ0) is 18.4. The lowest BCUT2D eigenvalue weighted by molar-refractivity contribution is 0.384. The molecule has 0 aliphatic carbocycles. The molecule has 132 valence electrons. The molecule has 26 heavy (non-hydrogen) atoms. The van der Waals surface area contributed by atoms with Crippen molar-refractivity contribution in [2.24, 2.45) is 5.10 Å². The molecule has 0 radical (unpaired) electrons. The largest absolute Gasteiger partial charge is 0.507 e. The van der Waals surface area contributed by atoms with E-state index in [1.165, 1.54) is 7.11 Å². The number of nitrogens with one attached hydrogen (secondary N) is 1. The lowest BCUT2D eigenvalue weighted by Gasteiger charge is -2.15. The molecule has 0 unspecified atom stereocenters. The van der Waals surface area contributed by atoms with Crippen LogP contribution in [-0.2, 0) is 0 Å². The summed E-state index contributed by atoms with van der Waals surface area (Å²) in [6, 6.07) is 22.5. The molecule has 0 spiro atoms. The van der Waals surface area contributed by atoms with E-state index in [0.717, 1.165) is 11.3 Å². The third kappa shape index (κ3) is 3.78. The van der Waals surface area contributed by atoms with Crippen LogP contribution in [-0.4, -0.2) is 25.0 Å². The standard InChI is InChI=1S/C21H20N2O3/c1-25-17-13-18(24)20(19(14-17)26-2)21(15-9-5-3-6-10-15)23-22-16-11-7-4-8-12-16/h3-14,22,24H,1-2H3/b23-21+. The molecule has 0 aliphatic rings. The molecule has 0 amide bonds. The summed E-state index contributed by atoms with van der Waals surface area (Å²) in [7, 11) is 3.09. The summed E-state index contributed by atoms with van der Waals surface area (Å²) in [5.41, 5.74) is 5.77. The van der Waals surface area contributed by atoms with Gasteiger partial charge >= 0.3 is 0 Å². The maximum atomic E-state index is 10.6. The Balaban J connectivity index is 2.13. The van der Waals surface area contributed by atoms with Crippen LogP contribution in [0.1, 0.15) is 11.1 Å². The minimum absolute atomic E-state index is 0.0265. The second-order valence-electron chi connectivity index (χ2n) is 5.53. The molecule has 0 saturated heterocycles. The summed E-state index contributed by atoms with van der Waals surface area (Å²) in [4.78, 5) is 0. The molecule has 5 nitrogen and oxygen atoms in total. The molecule has 0 bridgehead atoms. The molecular formula is C21H20N2O3. The van der Waals surface area contributed by atoms with E-state index in [-0.39, 0.29) is 5.75 Å².